The van der Waals surface area contributed by atoms with Crippen LogP contribution in [0.3, 0.4) is 0 Å². The molecule has 0 atom stereocenters. The molecule has 0 bridgehead atoms. The molecule has 0 aliphatic heterocycles. The lowest BCUT2D eigenvalue weighted by Crippen LogP contribution is -2.21. The Morgan fingerprint density at radius 3 is 2.55 bits per heavy atom. The van der Waals surface area contributed by atoms with Crippen LogP contribution in [0.15, 0.2) is 97.5 Å². The molecule has 7 rings (SSSR count). The van der Waals surface area contributed by atoms with Crippen molar-refractivity contribution in [1.82, 2.24) is 34.9 Å². The summed E-state index contributed by atoms with van der Waals surface area (Å²) in [5, 5.41) is 11.3. The van der Waals surface area contributed by atoms with E-state index in [1.807, 2.05) is 54.6 Å². The lowest BCUT2D eigenvalue weighted by Gasteiger charge is -2.08. The first-order valence-electron chi connectivity index (χ1n) is 14.6. The van der Waals surface area contributed by atoms with Crippen LogP contribution < -0.4 is 10.0 Å². The van der Waals surface area contributed by atoms with E-state index in [4.69, 9.17) is 4.98 Å². The number of amides is 1. The van der Waals surface area contributed by atoms with Crippen molar-refractivity contribution in [1.29, 1.82) is 0 Å². The molecule has 4 heterocycles. The molecular weight excluding hydrogens is 619 g/mol. The summed E-state index contributed by atoms with van der Waals surface area (Å²) in [6, 6.07) is 23.3. The van der Waals surface area contributed by atoms with Crippen LogP contribution in [0.1, 0.15) is 11.1 Å². The van der Waals surface area contributed by atoms with Crippen LogP contribution in [0.4, 0.5) is 10.1 Å². The summed E-state index contributed by atoms with van der Waals surface area (Å²) in [4.78, 5) is 29.6. The molecule has 13 heteroatoms. The SMILES string of the molecule is CS(=O)(=O)NCc1cc(F)cc(-c2nccc3[nH]c(-c4n[nH]c5ccc(-c6cncc(NC(=O)Cc7ccccc7)c6)cc45)nc23)c1. The molecule has 1 amide bonds. The van der Waals surface area contributed by atoms with Crippen molar-refractivity contribution in [3.05, 3.63) is 114 Å². The molecule has 0 spiro atoms. The predicted molar refractivity (Wildman–Crippen MR) is 178 cm³/mol. The van der Waals surface area contributed by atoms with Gasteiger partial charge in [-0.05, 0) is 59.2 Å². The zero-order chi connectivity index (χ0) is 32.5. The summed E-state index contributed by atoms with van der Waals surface area (Å²) < 4.78 is 40.2. The van der Waals surface area contributed by atoms with Crippen molar-refractivity contribution in [3.8, 4) is 33.9 Å². The van der Waals surface area contributed by atoms with Gasteiger partial charge in [0.05, 0.1) is 41.3 Å². The lowest BCUT2D eigenvalue weighted by molar-refractivity contribution is -0.115. The predicted octanol–water partition coefficient (Wildman–Crippen LogP) is 5.60. The molecule has 0 aliphatic carbocycles. The number of aromatic amines is 2. The quantitative estimate of drug-likeness (QED) is 0.159. The van der Waals surface area contributed by atoms with Gasteiger partial charge in [-0.25, -0.2) is 22.5 Å². The second-order valence-electron chi connectivity index (χ2n) is 11.1. The fourth-order valence-corrected chi connectivity index (χ4v) is 5.82. The Bertz CT molecular complexity index is 2390. The molecule has 3 aromatic carbocycles. The minimum Gasteiger partial charge on any atom is -0.336 e. The number of halogens is 1. The molecule has 47 heavy (non-hydrogen) atoms. The minimum atomic E-state index is -3.46. The van der Waals surface area contributed by atoms with Gasteiger partial charge in [0.25, 0.3) is 0 Å². The van der Waals surface area contributed by atoms with Crippen LogP contribution in [0.25, 0.3) is 55.8 Å². The maximum Gasteiger partial charge on any atom is 0.228 e. The molecule has 0 unspecified atom stereocenters. The van der Waals surface area contributed by atoms with Gasteiger partial charge in [-0.3, -0.25) is 19.9 Å². The highest BCUT2D eigenvalue weighted by Gasteiger charge is 2.18. The number of pyridine rings is 2. The molecule has 4 aromatic heterocycles. The molecule has 11 nitrogen and oxygen atoms in total. The highest BCUT2D eigenvalue weighted by Crippen LogP contribution is 2.33. The number of imidazole rings is 1. The van der Waals surface area contributed by atoms with E-state index in [1.165, 1.54) is 12.1 Å². The molecular formula is C34H27FN8O3S. The fraction of sp³-hybridized carbons (Fsp3) is 0.0882. The molecule has 0 saturated heterocycles. The number of carbonyl (C=O) groups excluding carboxylic acids is 1. The van der Waals surface area contributed by atoms with Gasteiger partial charge in [-0.1, -0.05) is 36.4 Å². The Kier molecular flexibility index (Phi) is 7.75. The number of aromatic nitrogens is 6. The van der Waals surface area contributed by atoms with Gasteiger partial charge in [-0.15, -0.1) is 0 Å². The number of anilines is 1. The average molecular weight is 647 g/mol. The van der Waals surface area contributed by atoms with E-state index >= 15 is 0 Å². The minimum absolute atomic E-state index is 0.0640. The standard InChI is InChI=1S/C34H27FN8O3S/c1-47(45,46)38-17-21-11-23(14-25(35)12-21)31-33-29(9-10-37-31)40-34(41-33)32-27-16-22(7-8-28(27)42-43-32)24-15-26(19-36-18-24)39-30(44)13-20-5-3-2-4-6-20/h2-12,14-16,18-19,38H,13,17H2,1H3,(H,39,44)(H,40,41)(H,42,43). The summed E-state index contributed by atoms with van der Waals surface area (Å²) in [5.74, 6) is -0.183. The van der Waals surface area contributed by atoms with Crippen molar-refractivity contribution < 1.29 is 17.6 Å². The zero-order valence-corrected chi connectivity index (χ0v) is 25.8. The highest BCUT2D eigenvalue weighted by molar-refractivity contribution is 7.88. The molecule has 0 radical (unpaired) electrons. The summed E-state index contributed by atoms with van der Waals surface area (Å²) in [6.07, 6.45) is 6.23. The van der Waals surface area contributed by atoms with Crippen molar-refractivity contribution in [3.63, 3.8) is 0 Å². The maximum absolute atomic E-state index is 14.6. The van der Waals surface area contributed by atoms with Gasteiger partial charge in [0.2, 0.25) is 15.9 Å². The number of nitrogens with zero attached hydrogens (tertiary/aromatic N) is 4. The molecule has 0 fully saturated rings. The van der Waals surface area contributed by atoms with Crippen molar-refractivity contribution in [2.45, 2.75) is 13.0 Å². The summed E-state index contributed by atoms with van der Waals surface area (Å²) in [5.41, 5.74) is 7.03. The van der Waals surface area contributed by atoms with Crippen LogP contribution in [0.5, 0.6) is 0 Å². The number of H-pyrrole nitrogens is 2. The first kappa shape index (κ1) is 29.9. The van der Waals surface area contributed by atoms with E-state index in [1.54, 1.807) is 30.7 Å². The van der Waals surface area contributed by atoms with E-state index in [0.29, 0.717) is 45.1 Å². The van der Waals surface area contributed by atoms with Crippen LogP contribution in [-0.4, -0.2) is 50.7 Å². The number of hydrogen-bond donors (Lipinski definition) is 4. The summed E-state index contributed by atoms with van der Waals surface area (Å²) in [6.45, 7) is -0.0640. The first-order valence-corrected chi connectivity index (χ1v) is 16.4. The third-order valence-electron chi connectivity index (χ3n) is 7.52. The second-order valence-corrected chi connectivity index (χ2v) is 12.9. The smallest absolute Gasteiger partial charge is 0.228 e. The van der Waals surface area contributed by atoms with E-state index < -0.39 is 15.8 Å². The number of rotatable bonds is 9. The number of carbonyl (C=O) groups is 1. The Labute approximate surface area is 268 Å². The van der Waals surface area contributed by atoms with Crippen molar-refractivity contribution in [2.75, 3.05) is 11.6 Å². The van der Waals surface area contributed by atoms with Crippen LogP contribution >= 0.6 is 0 Å². The topological polar surface area (TPSA) is 158 Å². The summed E-state index contributed by atoms with van der Waals surface area (Å²) >= 11 is 0. The van der Waals surface area contributed by atoms with Gasteiger partial charge in [-0.2, -0.15) is 5.10 Å². The van der Waals surface area contributed by atoms with Gasteiger partial charge in [0.1, 0.15) is 17.0 Å². The molecule has 0 saturated carbocycles. The monoisotopic (exact) mass is 646 g/mol. The number of sulfonamides is 1. The van der Waals surface area contributed by atoms with Crippen LogP contribution in [-0.2, 0) is 27.8 Å². The molecule has 0 aliphatic rings. The number of hydrogen-bond acceptors (Lipinski definition) is 7. The highest BCUT2D eigenvalue weighted by atomic mass is 32.2. The largest absolute Gasteiger partial charge is 0.336 e. The van der Waals surface area contributed by atoms with E-state index in [9.17, 15) is 17.6 Å². The second kappa shape index (κ2) is 12.2. The van der Waals surface area contributed by atoms with Gasteiger partial charge < -0.3 is 10.3 Å². The van der Waals surface area contributed by atoms with Gasteiger partial charge in [0.15, 0.2) is 5.82 Å². The Balaban J connectivity index is 1.20. The Morgan fingerprint density at radius 1 is 0.872 bits per heavy atom. The zero-order valence-electron chi connectivity index (χ0n) is 25.0. The normalized spacial score (nSPS) is 11.7. The Hall–Kier alpha value is -5.79. The number of nitrogens with one attached hydrogen (secondary N) is 4. The maximum atomic E-state index is 14.6. The van der Waals surface area contributed by atoms with Crippen LogP contribution in [0, 0.1) is 5.82 Å². The Morgan fingerprint density at radius 2 is 1.72 bits per heavy atom. The average Bonchev–Trinajstić information content (AvgIpc) is 3.68. The molecule has 234 valence electrons. The van der Waals surface area contributed by atoms with Gasteiger partial charge in [0, 0.05) is 35.5 Å². The van der Waals surface area contributed by atoms with E-state index in [2.05, 4.69) is 35.2 Å². The fourth-order valence-electron chi connectivity index (χ4n) is 5.39. The van der Waals surface area contributed by atoms with Gasteiger partial charge >= 0.3 is 0 Å². The summed E-state index contributed by atoms with van der Waals surface area (Å²) in [7, 11) is -3.46. The van der Waals surface area contributed by atoms with Crippen molar-refractivity contribution in [2.24, 2.45) is 0 Å². The first-order chi connectivity index (χ1) is 22.7. The third kappa shape index (κ3) is 6.61. The molecule has 4 N–H and O–H groups in total. The lowest BCUT2D eigenvalue weighted by atomic mass is 10.0. The van der Waals surface area contributed by atoms with Crippen LogP contribution in [0.2, 0.25) is 0 Å². The van der Waals surface area contributed by atoms with E-state index in [-0.39, 0.29) is 18.9 Å². The third-order valence-corrected chi connectivity index (χ3v) is 8.19. The van der Waals surface area contributed by atoms with Crippen molar-refractivity contribution >= 4 is 43.6 Å². The number of fused-ring (bicyclic) bond motifs is 2. The molecule has 7 aromatic rings. The van der Waals surface area contributed by atoms with E-state index in [0.717, 1.165) is 33.8 Å². The number of benzene rings is 3.